The quantitative estimate of drug-likeness (QED) is 0.396. The molecule has 0 saturated carbocycles. The Balaban J connectivity index is 2.08. The Kier molecular flexibility index (Phi) is 6.31. The summed E-state index contributed by atoms with van der Waals surface area (Å²) in [6.07, 6.45) is 0. The van der Waals surface area contributed by atoms with E-state index in [4.69, 9.17) is 0 Å². The van der Waals surface area contributed by atoms with E-state index in [1.165, 1.54) is 12.1 Å². The van der Waals surface area contributed by atoms with Crippen molar-refractivity contribution >= 4 is 63.4 Å². The van der Waals surface area contributed by atoms with E-state index in [1.807, 2.05) is 36.4 Å². The number of halogens is 4. The van der Waals surface area contributed by atoms with Crippen molar-refractivity contribution in [2.24, 2.45) is 0 Å². The summed E-state index contributed by atoms with van der Waals surface area (Å²) in [5.74, 6) is -0.833. The summed E-state index contributed by atoms with van der Waals surface area (Å²) < 4.78 is 31.4. The van der Waals surface area contributed by atoms with Gasteiger partial charge in [-0.25, -0.2) is 0 Å². The minimum absolute atomic E-state index is 0.135. The second-order valence-corrected chi connectivity index (χ2v) is 11.0. The van der Waals surface area contributed by atoms with E-state index in [9.17, 15) is 8.78 Å². The Hall–Kier alpha value is -0.481. The zero-order chi connectivity index (χ0) is 17.1. The first kappa shape index (κ1) is 18.3. The Morgan fingerprint density at radius 2 is 1.04 bits per heavy atom. The molecule has 0 aliphatic rings. The summed E-state index contributed by atoms with van der Waals surface area (Å²) in [5, 5.41) is 0. The van der Waals surface area contributed by atoms with Crippen molar-refractivity contribution in [3.63, 3.8) is 0 Å². The normalized spacial score (nSPS) is 10.8. The van der Waals surface area contributed by atoms with Crippen molar-refractivity contribution in [3.8, 4) is 22.3 Å². The molecule has 0 N–H and O–H groups in total. The summed E-state index contributed by atoms with van der Waals surface area (Å²) in [4.78, 5) is 0. The maximum absolute atomic E-state index is 14.6. The number of rotatable bonds is 4. The molecule has 0 amide bonds. The fourth-order valence-electron chi connectivity index (χ4n) is 2.41. The van der Waals surface area contributed by atoms with Crippen molar-refractivity contribution in [2.75, 3.05) is 0 Å². The van der Waals surface area contributed by atoms with Crippen molar-refractivity contribution in [1.82, 2.24) is 0 Å². The Bertz CT molecular complexity index is 811. The zero-order valence-corrected chi connectivity index (χ0v) is 18.7. The van der Waals surface area contributed by atoms with Crippen LogP contribution < -0.4 is 8.92 Å². The van der Waals surface area contributed by atoms with E-state index in [2.05, 4.69) is 28.2 Å². The molecular weight excluding hydrogens is 572 g/mol. The van der Waals surface area contributed by atoms with Crippen molar-refractivity contribution in [1.29, 1.82) is 0 Å². The van der Waals surface area contributed by atoms with Crippen LogP contribution in [0.25, 0.3) is 22.3 Å². The maximum atomic E-state index is 14.6. The molecule has 3 aromatic rings. The number of hydrogen-bond donors (Lipinski definition) is 0. The predicted octanol–water partition coefficient (Wildman–Crippen LogP) is 4.58. The molecule has 0 spiro atoms. The Morgan fingerprint density at radius 3 is 1.42 bits per heavy atom. The summed E-state index contributed by atoms with van der Waals surface area (Å²) in [5.41, 5.74) is 1.95. The van der Waals surface area contributed by atoms with Crippen LogP contribution >= 0.6 is 28.2 Å². The third-order valence-corrected chi connectivity index (χ3v) is 9.22. The SMILES string of the molecule is Fc1cc(-c2cccc([Se]Br)c2)c(F)cc1-c1cccc([Se]Br)c1. The van der Waals surface area contributed by atoms with Gasteiger partial charge in [0.05, 0.1) is 0 Å². The van der Waals surface area contributed by atoms with Crippen LogP contribution in [0.4, 0.5) is 8.78 Å². The summed E-state index contributed by atoms with van der Waals surface area (Å²) in [6, 6.07) is 17.6. The molecule has 0 aliphatic carbocycles. The third-order valence-electron chi connectivity index (χ3n) is 3.52. The van der Waals surface area contributed by atoms with E-state index in [0.29, 0.717) is 11.1 Å². The molecule has 0 saturated heterocycles. The van der Waals surface area contributed by atoms with Crippen LogP contribution in [-0.2, 0) is 0 Å². The van der Waals surface area contributed by atoms with Gasteiger partial charge < -0.3 is 0 Å². The Labute approximate surface area is 165 Å². The van der Waals surface area contributed by atoms with Gasteiger partial charge in [-0.2, -0.15) is 0 Å². The average Bonchev–Trinajstić information content (AvgIpc) is 2.63. The van der Waals surface area contributed by atoms with E-state index < -0.39 is 11.6 Å². The molecule has 24 heavy (non-hydrogen) atoms. The third kappa shape index (κ3) is 4.01. The van der Waals surface area contributed by atoms with Crippen LogP contribution in [0.2, 0.25) is 0 Å². The van der Waals surface area contributed by atoms with Gasteiger partial charge >= 0.3 is 167 Å². The molecule has 122 valence electrons. The summed E-state index contributed by atoms with van der Waals surface area (Å²) in [7, 11) is 0. The van der Waals surface area contributed by atoms with Crippen LogP contribution in [-0.4, -0.2) is 26.3 Å². The molecule has 0 unspecified atom stereocenters. The molecule has 3 aromatic carbocycles. The van der Waals surface area contributed by atoms with Gasteiger partial charge in [-0.05, 0) is 0 Å². The van der Waals surface area contributed by atoms with E-state index in [1.54, 1.807) is 12.1 Å². The predicted molar refractivity (Wildman–Crippen MR) is 106 cm³/mol. The van der Waals surface area contributed by atoms with Gasteiger partial charge in [0.15, 0.2) is 0 Å². The van der Waals surface area contributed by atoms with Crippen molar-refractivity contribution in [2.45, 2.75) is 0 Å². The summed E-state index contributed by atoms with van der Waals surface area (Å²) in [6.45, 7) is 0. The number of hydrogen-bond acceptors (Lipinski definition) is 0. The fraction of sp³-hybridized carbons (Fsp3) is 0. The van der Waals surface area contributed by atoms with Gasteiger partial charge in [0.25, 0.3) is 0 Å². The van der Waals surface area contributed by atoms with Gasteiger partial charge in [0.1, 0.15) is 0 Å². The van der Waals surface area contributed by atoms with Crippen LogP contribution in [0.15, 0.2) is 60.7 Å². The monoisotopic (exact) mass is 582 g/mol. The second-order valence-electron chi connectivity index (χ2n) is 5.02. The topological polar surface area (TPSA) is 0 Å². The first-order valence-corrected chi connectivity index (χ1v) is 16.6. The van der Waals surface area contributed by atoms with E-state index >= 15 is 0 Å². The number of benzene rings is 3. The Morgan fingerprint density at radius 1 is 0.625 bits per heavy atom. The molecular formula is C18H10Br2F2Se2. The van der Waals surface area contributed by atoms with Gasteiger partial charge in [-0.1, -0.05) is 0 Å². The first-order valence-electron chi connectivity index (χ1n) is 6.89. The molecule has 0 aliphatic heterocycles. The van der Waals surface area contributed by atoms with Crippen LogP contribution in [0.5, 0.6) is 0 Å². The average molecular weight is 582 g/mol. The second kappa shape index (κ2) is 8.27. The molecule has 0 atom stereocenters. The zero-order valence-electron chi connectivity index (χ0n) is 12.1. The molecule has 0 radical (unpaired) electrons. The van der Waals surface area contributed by atoms with Crippen LogP contribution in [0.3, 0.4) is 0 Å². The van der Waals surface area contributed by atoms with Crippen molar-refractivity contribution < 1.29 is 8.78 Å². The van der Waals surface area contributed by atoms with Gasteiger partial charge in [0.2, 0.25) is 0 Å². The molecule has 0 bridgehead atoms. The summed E-state index contributed by atoms with van der Waals surface area (Å²) >= 11 is 7.16. The van der Waals surface area contributed by atoms with Gasteiger partial charge in [-0.3, -0.25) is 0 Å². The van der Waals surface area contributed by atoms with Gasteiger partial charge in [0, 0.05) is 0 Å². The van der Waals surface area contributed by atoms with E-state index in [0.717, 1.165) is 8.92 Å². The van der Waals surface area contributed by atoms with Gasteiger partial charge in [-0.15, -0.1) is 0 Å². The fourth-order valence-corrected chi connectivity index (χ4v) is 5.77. The van der Waals surface area contributed by atoms with Crippen LogP contribution in [0, 0.1) is 11.6 Å². The van der Waals surface area contributed by atoms with Crippen molar-refractivity contribution in [3.05, 3.63) is 72.3 Å². The molecule has 0 nitrogen and oxygen atoms in total. The molecule has 6 heteroatoms. The molecule has 0 aromatic heterocycles. The molecule has 0 fully saturated rings. The van der Waals surface area contributed by atoms with E-state index in [-0.39, 0.29) is 37.4 Å². The standard InChI is InChI=1S/C18H10Br2F2Se2/c19-23-13-5-1-3-11(7-13)15-9-18(22)16(10-17(15)21)12-4-2-6-14(8-12)24-20/h1-10H. The first-order chi connectivity index (χ1) is 11.6. The van der Waals surface area contributed by atoms with Crippen LogP contribution in [0.1, 0.15) is 0 Å². The molecule has 3 rings (SSSR count). The molecule has 0 heterocycles. The minimum atomic E-state index is -0.416.